The maximum Gasteiger partial charge on any atom is 0.150 e. The second-order valence-electron chi connectivity index (χ2n) is 4.35. The zero-order chi connectivity index (χ0) is 12.8. The van der Waals surface area contributed by atoms with Gasteiger partial charge in [-0.15, -0.1) is 0 Å². The van der Waals surface area contributed by atoms with Gasteiger partial charge in [-0.2, -0.15) is 5.26 Å². The molecule has 1 aromatic carbocycles. The fourth-order valence-electron chi connectivity index (χ4n) is 1.95. The minimum Gasteiger partial charge on any atom is -0.492 e. The molecule has 0 amide bonds. The van der Waals surface area contributed by atoms with Gasteiger partial charge < -0.3 is 9.47 Å². The van der Waals surface area contributed by atoms with Gasteiger partial charge in [-0.25, -0.2) is 0 Å². The molecule has 0 spiro atoms. The van der Waals surface area contributed by atoms with Crippen LogP contribution >= 0.6 is 0 Å². The fraction of sp³-hybridized carbons (Fsp3) is 0.429. The summed E-state index contributed by atoms with van der Waals surface area (Å²) in [6.45, 7) is 2.16. The second kappa shape index (κ2) is 6.18. The average Bonchev–Trinajstić information content (AvgIpc) is 2.46. The summed E-state index contributed by atoms with van der Waals surface area (Å²) in [6, 6.07) is 6.94. The van der Waals surface area contributed by atoms with Crippen LogP contribution in [0.4, 0.5) is 0 Å². The first-order chi connectivity index (χ1) is 8.83. The topological polar surface area (TPSA) is 59.3 Å². The van der Waals surface area contributed by atoms with E-state index in [1.165, 1.54) is 0 Å². The fourth-order valence-corrected chi connectivity index (χ4v) is 1.95. The molecule has 1 saturated heterocycles. The third-order valence-electron chi connectivity index (χ3n) is 3.08. The van der Waals surface area contributed by atoms with Crippen molar-refractivity contribution in [2.75, 3.05) is 19.8 Å². The minimum atomic E-state index is 0.409. The molecule has 4 heteroatoms. The van der Waals surface area contributed by atoms with Crippen LogP contribution in [0.25, 0.3) is 0 Å². The maximum absolute atomic E-state index is 10.6. The molecule has 0 aromatic heterocycles. The third kappa shape index (κ3) is 3.08. The lowest BCUT2D eigenvalue weighted by Crippen LogP contribution is -2.21. The lowest BCUT2D eigenvalue weighted by Gasteiger charge is -2.22. The van der Waals surface area contributed by atoms with Crippen molar-refractivity contribution in [1.29, 1.82) is 5.26 Å². The quantitative estimate of drug-likeness (QED) is 0.763. The Bertz CT molecular complexity index is 459. The van der Waals surface area contributed by atoms with Crippen molar-refractivity contribution in [2.24, 2.45) is 5.92 Å². The SMILES string of the molecule is N#Cc1cc(C=O)ccc1OCC1CCOCC1. The standard InChI is InChI=1S/C14H15NO3/c15-8-13-7-12(9-16)1-2-14(13)18-10-11-3-5-17-6-4-11/h1-2,7,9,11H,3-6,10H2. The van der Waals surface area contributed by atoms with E-state index in [2.05, 4.69) is 0 Å². The molecule has 94 valence electrons. The Kier molecular flexibility index (Phi) is 4.32. The summed E-state index contributed by atoms with van der Waals surface area (Å²) >= 11 is 0. The van der Waals surface area contributed by atoms with Crippen LogP contribution in [-0.4, -0.2) is 26.1 Å². The number of carbonyl (C=O) groups is 1. The Morgan fingerprint density at radius 3 is 2.89 bits per heavy atom. The molecule has 2 rings (SSSR count). The van der Waals surface area contributed by atoms with Crippen molar-refractivity contribution in [3.05, 3.63) is 29.3 Å². The lowest BCUT2D eigenvalue weighted by molar-refractivity contribution is 0.0497. The number of rotatable bonds is 4. The highest BCUT2D eigenvalue weighted by atomic mass is 16.5. The van der Waals surface area contributed by atoms with E-state index in [-0.39, 0.29) is 0 Å². The van der Waals surface area contributed by atoms with Crippen LogP contribution in [0.2, 0.25) is 0 Å². The summed E-state index contributed by atoms with van der Waals surface area (Å²) < 4.78 is 11.0. The van der Waals surface area contributed by atoms with Gasteiger partial charge in [0.05, 0.1) is 12.2 Å². The van der Waals surface area contributed by atoms with Crippen molar-refractivity contribution in [3.63, 3.8) is 0 Å². The highest BCUT2D eigenvalue weighted by Gasteiger charge is 2.15. The van der Waals surface area contributed by atoms with E-state index in [9.17, 15) is 4.79 Å². The summed E-state index contributed by atoms with van der Waals surface area (Å²) in [4.78, 5) is 10.6. The van der Waals surface area contributed by atoms with Crippen molar-refractivity contribution < 1.29 is 14.3 Å². The van der Waals surface area contributed by atoms with Crippen LogP contribution in [0.1, 0.15) is 28.8 Å². The van der Waals surface area contributed by atoms with E-state index in [0.29, 0.717) is 29.4 Å². The van der Waals surface area contributed by atoms with Gasteiger partial charge in [-0.05, 0) is 37.0 Å². The number of hydrogen-bond acceptors (Lipinski definition) is 4. The molecule has 1 aliphatic heterocycles. The first-order valence-electron chi connectivity index (χ1n) is 6.03. The highest BCUT2D eigenvalue weighted by Crippen LogP contribution is 2.21. The Morgan fingerprint density at radius 2 is 2.22 bits per heavy atom. The van der Waals surface area contributed by atoms with Crippen molar-refractivity contribution in [2.45, 2.75) is 12.8 Å². The number of nitrogens with zero attached hydrogens (tertiary/aromatic N) is 1. The Morgan fingerprint density at radius 1 is 1.44 bits per heavy atom. The molecule has 0 atom stereocenters. The normalized spacial score (nSPS) is 15.9. The van der Waals surface area contributed by atoms with Gasteiger partial charge in [0.25, 0.3) is 0 Å². The predicted molar refractivity (Wildman–Crippen MR) is 65.6 cm³/mol. The summed E-state index contributed by atoms with van der Waals surface area (Å²) in [5.74, 6) is 1.03. The van der Waals surface area contributed by atoms with Crippen LogP contribution in [0.15, 0.2) is 18.2 Å². The van der Waals surface area contributed by atoms with Crippen LogP contribution in [-0.2, 0) is 4.74 Å². The Hall–Kier alpha value is -1.86. The van der Waals surface area contributed by atoms with E-state index in [4.69, 9.17) is 14.7 Å². The average molecular weight is 245 g/mol. The monoisotopic (exact) mass is 245 g/mol. The minimum absolute atomic E-state index is 0.409. The zero-order valence-corrected chi connectivity index (χ0v) is 10.1. The third-order valence-corrected chi connectivity index (χ3v) is 3.08. The van der Waals surface area contributed by atoms with Crippen LogP contribution in [0.3, 0.4) is 0 Å². The number of benzene rings is 1. The first kappa shape index (κ1) is 12.6. The molecule has 0 bridgehead atoms. The van der Waals surface area contributed by atoms with Crippen LogP contribution in [0, 0.1) is 17.2 Å². The molecule has 0 saturated carbocycles. The van der Waals surface area contributed by atoms with Gasteiger partial charge in [0.2, 0.25) is 0 Å². The number of carbonyl (C=O) groups excluding carboxylic acids is 1. The lowest BCUT2D eigenvalue weighted by atomic mass is 10.0. The Balaban J connectivity index is 2.00. The van der Waals surface area contributed by atoms with Gasteiger partial charge in [0.1, 0.15) is 18.1 Å². The van der Waals surface area contributed by atoms with Gasteiger partial charge >= 0.3 is 0 Å². The van der Waals surface area contributed by atoms with Crippen molar-refractivity contribution in [1.82, 2.24) is 0 Å². The summed E-state index contributed by atoms with van der Waals surface area (Å²) in [5.41, 5.74) is 0.900. The van der Waals surface area contributed by atoms with E-state index >= 15 is 0 Å². The van der Waals surface area contributed by atoms with Crippen molar-refractivity contribution in [3.8, 4) is 11.8 Å². The molecule has 0 radical (unpaired) electrons. The molecule has 4 nitrogen and oxygen atoms in total. The van der Waals surface area contributed by atoms with E-state index < -0.39 is 0 Å². The molecule has 0 unspecified atom stereocenters. The second-order valence-corrected chi connectivity index (χ2v) is 4.35. The summed E-state index contributed by atoms with van der Waals surface area (Å²) in [7, 11) is 0. The molecule has 1 heterocycles. The molecule has 18 heavy (non-hydrogen) atoms. The molecule has 1 aromatic rings. The van der Waals surface area contributed by atoms with Gasteiger partial charge in [-0.1, -0.05) is 0 Å². The smallest absolute Gasteiger partial charge is 0.150 e. The highest BCUT2D eigenvalue weighted by molar-refractivity contribution is 5.76. The molecule has 0 N–H and O–H groups in total. The predicted octanol–water partition coefficient (Wildman–Crippen LogP) is 2.18. The molecular weight excluding hydrogens is 230 g/mol. The van der Waals surface area contributed by atoms with E-state index in [0.717, 1.165) is 32.3 Å². The van der Waals surface area contributed by atoms with Gasteiger partial charge in [0.15, 0.2) is 0 Å². The number of ether oxygens (including phenoxy) is 2. The summed E-state index contributed by atoms with van der Waals surface area (Å²) in [5, 5.41) is 9.01. The Labute approximate surface area is 106 Å². The van der Waals surface area contributed by atoms with E-state index in [1.54, 1.807) is 18.2 Å². The molecule has 1 aliphatic rings. The number of hydrogen-bond donors (Lipinski definition) is 0. The number of aldehydes is 1. The van der Waals surface area contributed by atoms with Crippen LogP contribution < -0.4 is 4.74 Å². The molecule has 1 fully saturated rings. The largest absolute Gasteiger partial charge is 0.492 e. The zero-order valence-electron chi connectivity index (χ0n) is 10.1. The van der Waals surface area contributed by atoms with Gasteiger partial charge in [0, 0.05) is 18.8 Å². The molecule has 0 aliphatic carbocycles. The summed E-state index contributed by atoms with van der Waals surface area (Å²) in [6.07, 6.45) is 2.71. The van der Waals surface area contributed by atoms with E-state index in [1.807, 2.05) is 6.07 Å². The number of nitriles is 1. The van der Waals surface area contributed by atoms with Crippen molar-refractivity contribution >= 4 is 6.29 Å². The molecular formula is C14H15NO3. The van der Waals surface area contributed by atoms with Crippen LogP contribution in [0.5, 0.6) is 5.75 Å². The van der Waals surface area contributed by atoms with Gasteiger partial charge in [-0.3, -0.25) is 4.79 Å². The maximum atomic E-state index is 10.6. The first-order valence-corrected chi connectivity index (χ1v) is 6.03.